The second-order valence-corrected chi connectivity index (χ2v) is 8.10. The van der Waals surface area contributed by atoms with E-state index in [-0.39, 0.29) is 5.91 Å². The molecule has 0 aliphatic carbocycles. The lowest BCUT2D eigenvalue weighted by molar-refractivity contribution is 0.0954. The molecule has 2 rings (SSSR count). The van der Waals surface area contributed by atoms with Gasteiger partial charge in [-0.1, -0.05) is 12.1 Å². The molecule has 0 fully saturated rings. The van der Waals surface area contributed by atoms with Gasteiger partial charge in [0.15, 0.2) is 0 Å². The maximum atomic E-state index is 12.3. The minimum absolute atomic E-state index is 0.185. The van der Waals surface area contributed by atoms with Gasteiger partial charge in [-0.25, -0.2) is 8.42 Å². The minimum Gasteiger partial charge on any atom is -0.497 e. The summed E-state index contributed by atoms with van der Waals surface area (Å²) in [6.45, 7) is 2.29. The maximum absolute atomic E-state index is 12.3. The van der Waals surface area contributed by atoms with Crippen molar-refractivity contribution in [3.63, 3.8) is 0 Å². The molecular formula is C19H24N2O4S. The Bertz CT molecular complexity index is 877. The Hall–Kier alpha value is -2.54. The number of methoxy groups -OCH3 is 1. The first-order chi connectivity index (χ1) is 12.2. The monoisotopic (exact) mass is 376 g/mol. The minimum atomic E-state index is -3.34. The van der Waals surface area contributed by atoms with Crippen LogP contribution in [0.15, 0.2) is 42.5 Å². The number of hydrogen-bond donors (Lipinski definition) is 1. The van der Waals surface area contributed by atoms with E-state index in [9.17, 15) is 13.2 Å². The van der Waals surface area contributed by atoms with Crippen LogP contribution in [0.2, 0.25) is 0 Å². The number of hydrogen-bond acceptors (Lipinski definition) is 4. The fourth-order valence-electron chi connectivity index (χ4n) is 2.54. The fourth-order valence-corrected chi connectivity index (χ4v) is 3.11. The molecule has 140 valence electrons. The van der Waals surface area contributed by atoms with Crippen molar-refractivity contribution in [3.05, 3.63) is 59.2 Å². The predicted molar refractivity (Wildman–Crippen MR) is 103 cm³/mol. The molecule has 0 spiro atoms. The highest BCUT2D eigenvalue weighted by atomic mass is 32.2. The van der Waals surface area contributed by atoms with Gasteiger partial charge in [-0.3, -0.25) is 9.10 Å². The summed E-state index contributed by atoms with van der Waals surface area (Å²) < 4.78 is 29.6. The van der Waals surface area contributed by atoms with Gasteiger partial charge in [-0.05, 0) is 54.8 Å². The van der Waals surface area contributed by atoms with Crippen molar-refractivity contribution in [3.8, 4) is 5.75 Å². The Balaban J connectivity index is 1.98. The van der Waals surface area contributed by atoms with Crippen LogP contribution in [-0.2, 0) is 16.4 Å². The van der Waals surface area contributed by atoms with Gasteiger partial charge in [-0.2, -0.15) is 0 Å². The number of aryl methyl sites for hydroxylation is 1. The first-order valence-electron chi connectivity index (χ1n) is 8.18. The van der Waals surface area contributed by atoms with Crippen LogP contribution >= 0.6 is 0 Å². The predicted octanol–water partition coefficient (Wildman–Crippen LogP) is 2.37. The van der Waals surface area contributed by atoms with E-state index >= 15 is 0 Å². The van der Waals surface area contributed by atoms with Crippen LogP contribution in [0, 0.1) is 6.92 Å². The first kappa shape index (κ1) is 19.8. The Morgan fingerprint density at radius 3 is 2.35 bits per heavy atom. The molecule has 2 aromatic rings. The maximum Gasteiger partial charge on any atom is 0.251 e. The van der Waals surface area contributed by atoms with Crippen LogP contribution in [0.3, 0.4) is 0 Å². The van der Waals surface area contributed by atoms with Crippen molar-refractivity contribution >= 4 is 21.6 Å². The molecule has 0 radical (unpaired) electrons. The smallest absolute Gasteiger partial charge is 0.251 e. The summed E-state index contributed by atoms with van der Waals surface area (Å²) in [5.74, 6) is 0.614. The van der Waals surface area contributed by atoms with Gasteiger partial charge in [0, 0.05) is 19.2 Å². The van der Waals surface area contributed by atoms with Gasteiger partial charge in [0.05, 0.1) is 19.1 Å². The number of benzene rings is 2. The number of sulfonamides is 1. The molecule has 7 heteroatoms. The standard InChI is InChI=1S/C19H24N2O4S/c1-14-13-16(7-10-18(14)21(2)26(4,23)24)19(22)20-12-11-15-5-8-17(25-3)9-6-15/h5-10,13H,11-12H2,1-4H3,(H,20,22). The highest BCUT2D eigenvalue weighted by Gasteiger charge is 2.15. The molecule has 0 heterocycles. The summed E-state index contributed by atoms with van der Waals surface area (Å²) in [6, 6.07) is 12.7. The van der Waals surface area contributed by atoms with E-state index in [4.69, 9.17) is 4.74 Å². The van der Waals surface area contributed by atoms with Gasteiger partial charge < -0.3 is 10.1 Å². The zero-order valence-electron chi connectivity index (χ0n) is 15.4. The number of anilines is 1. The summed E-state index contributed by atoms with van der Waals surface area (Å²) in [5.41, 5.74) is 2.89. The Kier molecular flexibility index (Phi) is 6.26. The van der Waals surface area contributed by atoms with Crippen LogP contribution in [0.4, 0.5) is 5.69 Å². The lowest BCUT2D eigenvalue weighted by atomic mass is 10.1. The van der Waals surface area contributed by atoms with Gasteiger partial charge >= 0.3 is 0 Å². The molecule has 0 saturated heterocycles. The second kappa shape index (κ2) is 8.23. The summed E-state index contributed by atoms with van der Waals surface area (Å²) in [7, 11) is -0.224. The second-order valence-electron chi connectivity index (χ2n) is 6.09. The molecule has 0 aromatic heterocycles. The first-order valence-corrected chi connectivity index (χ1v) is 10.0. The molecule has 0 atom stereocenters. The number of nitrogens with zero attached hydrogens (tertiary/aromatic N) is 1. The summed E-state index contributed by atoms with van der Waals surface area (Å²) in [6.07, 6.45) is 1.86. The largest absolute Gasteiger partial charge is 0.497 e. The number of rotatable bonds is 7. The zero-order chi connectivity index (χ0) is 19.3. The van der Waals surface area contributed by atoms with E-state index in [2.05, 4.69) is 5.32 Å². The van der Waals surface area contributed by atoms with Crippen LogP contribution in [0.5, 0.6) is 5.75 Å². The molecule has 0 bridgehead atoms. The number of ether oxygens (including phenoxy) is 1. The average molecular weight is 376 g/mol. The van der Waals surface area contributed by atoms with Crippen molar-refractivity contribution in [2.24, 2.45) is 0 Å². The molecule has 6 nitrogen and oxygen atoms in total. The van der Waals surface area contributed by atoms with Crippen molar-refractivity contribution in [1.82, 2.24) is 5.32 Å². The van der Waals surface area contributed by atoms with Crippen LogP contribution in [0.25, 0.3) is 0 Å². The van der Waals surface area contributed by atoms with Gasteiger partial charge in [-0.15, -0.1) is 0 Å². The number of carbonyl (C=O) groups is 1. The van der Waals surface area contributed by atoms with Crippen molar-refractivity contribution in [1.29, 1.82) is 0 Å². The Labute approximate surface area is 154 Å². The highest BCUT2D eigenvalue weighted by Crippen LogP contribution is 2.22. The summed E-state index contributed by atoms with van der Waals surface area (Å²) >= 11 is 0. The molecule has 1 amide bonds. The molecular weight excluding hydrogens is 352 g/mol. The number of carbonyl (C=O) groups excluding carboxylic acids is 1. The van der Waals surface area contributed by atoms with E-state index in [1.807, 2.05) is 24.3 Å². The fraction of sp³-hybridized carbons (Fsp3) is 0.316. The van der Waals surface area contributed by atoms with Crippen LogP contribution in [-0.4, -0.2) is 41.3 Å². The Morgan fingerprint density at radius 2 is 1.81 bits per heavy atom. The van der Waals surface area contributed by atoms with Crippen molar-refractivity contribution < 1.29 is 17.9 Å². The molecule has 0 unspecified atom stereocenters. The molecule has 0 aliphatic rings. The lowest BCUT2D eigenvalue weighted by Crippen LogP contribution is -2.27. The third kappa shape index (κ3) is 4.98. The SMILES string of the molecule is COc1ccc(CCNC(=O)c2ccc(N(C)S(C)(=O)=O)c(C)c2)cc1. The van der Waals surface area contributed by atoms with Gasteiger partial charge in [0.2, 0.25) is 10.0 Å². The summed E-state index contributed by atoms with van der Waals surface area (Å²) in [5, 5.41) is 2.88. The van der Waals surface area contributed by atoms with Gasteiger partial charge in [0.25, 0.3) is 5.91 Å². The third-order valence-electron chi connectivity index (χ3n) is 4.15. The molecule has 2 aromatic carbocycles. The van der Waals surface area contributed by atoms with Gasteiger partial charge in [0.1, 0.15) is 5.75 Å². The average Bonchev–Trinajstić information content (AvgIpc) is 2.60. The van der Waals surface area contributed by atoms with Crippen LogP contribution < -0.4 is 14.4 Å². The highest BCUT2D eigenvalue weighted by molar-refractivity contribution is 7.92. The quantitative estimate of drug-likeness (QED) is 0.805. The van der Waals surface area contributed by atoms with E-state index in [1.165, 1.54) is 11.4 Å². The zero-order valence-corrected chi connectivity index (χ0v) is 16.3. The Morgan fingerprint density at radius 1 is 1.15 bits per heavy atom. The van der Waals surface area contributed by atoms with E-state index in [0.29, 0.717) is 24.2 Å². The van der Waals surface area contributed by atoms with E-state index < -0.39 is 10.0 Å². The topological polar surface area (TPSA) is 75.7 Å². The normalized spacial score (nSPS) is 11.1. The molecule has 0 saturated carbocycles. The number of nitrogens with one attached hydrogen (secondary N) is 1. The van der Waals surface area contributed by atoms with Crippen LogP contribution in [0.1, 0.15) is 21.5 Å². The molecule has 0 aliphatic heterocycles. The van der Waals surface area contributed by atoms with Crippen molar-refractivity contribution in [2.75, 3.05) is 31.3 Å². The molecule has 26 heavy (non-hydrogen) atoms. The third-order valence-corrected chi connectivity index (χ3v) is 5.35. The molecule has 1 N–H and O–H groups in total. The number of amides is 1. The summed E-state index contributed by atoms with van der Waals surface area (Å²) in [4.78, 5) is 12.3. The van der Waals surface area contributed by atoms with E-state index in [0.717, 1.165) is 23.1 Å². The lowest BCUT2D eigenvalue weighted by Gasteiger charge is -2.19. The van der Waals surface area contributed by atoms with E-state index in [1.54, 1.807) is 32.2 Å². The van der Waals surface area contributed by atoms with Crippen molar-refractivity contribution in [2.45, 2.75) is 13.3 Å².